The molecule has 0 aromatic heterocycles. The number of carbonyl (C=O) groups is 1. The van der Waals surface area contributed by atoms with Gasteiger partial charge in [-0.15, -0.1) is 0 Å². The zero-order chi connectivity index (χ0) is 13.2. The minimum absolute atomic E-state index is 0.0790. The average Bonchev–Trinajstić information content (AvgIpc) is 2.17. The average molecular weight is 285 g/mol. The molecule has 0 bridgehead atoms. The second kappa shape index (κ2) is 4.98. The zero-order valence-corrected chi connectivity index (χ0v) is 9.57. The van der Waals surface area contributed by atoms with E-state index in [2.05, 4.69) is 0 Å². The summed E-state index contributed by atoms with van der Waals surface area (Å²) < 4.78 is 37.8. The van der Waals surface area contributed by atoms with Gasteiger partial charge in [0, 0.05) is 6.08 Å². The lowest BCUT2D eigenvalue weighted by Gasteiger charge is -2.11. The lowest BCUT2D eigenvalue weighted by atomic mass is 10.1. The van der Waals surface area contributed by atoms with Gasteiger partial charge in [0.05, 0.1) is 15.6 Å². The molecule has 0 saturated carbocycles. The monoisotopic (exact) mass is 284 g/mol. The van der Waals surface area contributed by atoms with Crippen LogP contribution in [0.15, 0.2) is 24.3 Å². The van der Waals surface area contributed by atoms with E-state index >= 15 is 0 Å². The first kappa shape index (κ1) is 13.9. The van der Waals surface area contributed by atoms with Crippen molar-refractivity contribution in [3.05, 3.63) is 39.9 Å². The fraction of sp³-hybridized carbons (Fsp3) is 0.100. The molecule has 2 nitrogen and oxygen atoms in total. The number of rotatable bonds is 2. The number of alkyl halides is 3. The van der Waals surface area contributed by atoms with E-state index in [-0.39, 0.29) is 21.7 Å². The van der Waals surface area contributed by atoms with Gasteiger partial charge < -0.3 is 5.11 Å². The number of halogens is 5. The maximum absolute atomic E-state index is 12.6. The predicted octanol–water partition coefficient (Wildman–Crippen LogP) is 4.02. The van der Waals surface area contributed by atoms with Crippen LogP contribution >= 0.6 is 23.2 Å². The highest BCUT2D eigenvalue weighted by Gasteiger charge is 2.35. The first-order chi connectivity index (χ1) is 7.71. The minimum Gasteiger partial charge on any atom is -0.478 e. The van der Waals surface area contributed by atoms with Crippen molar-refractivity contribution in [2.75, 3.05) is 0 Å². The van der Waals surface area contributed by atoms with Gasteiger partial charge in [0.25, 0.3) is 0 Å². The van der Waals surface area contributed by atoms with Gasteiger partial charge in [0.2, 0.25) is 0 Å². The summed E-state index contributed by atoms with van der Waals surface area (Å²) in [6.45, 7) is 0. The molecule has 0 spiro atoms. The van der Waals surface area contributed by atoms with Gasteiger partial charge in [-0.05, 0) is 17.7 Å². The van der Waals surface area contributed by atoms with E-state index in [1.807, 2.05) is 0 Å². The Morgan fingerprint density at radius 3 is 2.24 bits per heavy atom. The highest BCUT2D eigenvalue weighted by Crippen LogP contribution is 2.36. The Kier molecular flexibility index (Phi) is 4.06. The summed E-state index contributed by atoms with van der Waals surface area (Å²) in [6.07, 6.45) is -4.70. The van der Waals surface area contributed by atoms with Crippen molar-refractivity contribution in [3.63, 3.8) is 0 Å². The molecule has 0 radical (unpaired) electrons. The van der Waals surface area contributed by atoms with Crippen LogP contribution in [0.25, 0.3) is 5.57 Å². The lowest BCUT2D eigenvalue weighted by Crippen LogP contribution is -2.12. The van der Waals surface area contributed by atoms with Crippen LogP contribution in [0.1, 0.15) is 5.56 Å². The summed E-state index contributed by atoms with van der Waals surface area (Å²) in [5, 5.41) is 8.41. The molecule has 0 aliphatic rings. The highest BCUT2D eigenvalue weighted by molar-refractivity contribution is 6.42. The molecule has 1 rings (SSSR count). The molecule has 1 aromatic carbocycles. The molecule has 0 heterocycles. The van der Waals surface area contributed by atoms with E-state index in [4.69, 9.17) is 28.3 Å². The van der Waals surface area contributed by atoms with E-state index in [0.717, 1.165) is 12.1 Å². The molecule has 1 aromatic rings. The Balaban J connectivity index is 3.33. The fourth-order valence-electron chi connectivity index (χ4n) is 1.12. The summed E-state index contributed by atoms with van der Waals surface area (Å²) in [5.41, 5.74) is -1.64. The van der Waals surface area contributed by atoms with Crippen molar-refractivity contribution in [1.82, 2.24) is 0 Å². The standard InChI is InChI=1S/C10H5Cl2F3O2/c11-7-2-1-5(3-8(7)12)6(4-9(16)17)10(13,14)15/h1-4H,(H,16,17)/b6-4+. The van der Waals surface area contributed by atoms with Crippen molar-refractivity contribution in [2.24, 2.45) is 0 Å². The predicted molar refractivity (Wildman–Crippen MR) is 58.1 cm³/mol. The molecule has 0 aliphatic carbocycles. The van der Waals surface area contributed by atoms with Gasteiger partial charge in [-0.2, -0.15) is 13.2 Å². The molecule has 0 saturated heterocycles. The van der Waals surface area contributed by atoms with Crippen molar-refractivity contribution >= 4 is 34.7 Å². The number of hydrogen-bond acceptors (Lipinski definition) is 1. The van der Waals surface area contributed by atoms with Gasteiger partial charge in [-0.3, -0.25) is 0 Å². The van der Waals surface area contributed by atoms with Crippen molar-refractivity contribution in [1.29, 1.82) is 0 Å². The molecule has 0 amide bonds. The maximum atomic E-state index is 12.6. The van der Waals surface area contributed by atoms with Crippen LogP contribution in [0.2, 0.25) is 10.0 Å². The number of aliphatic carboxylic acids is 1. The van der Waals surface area contributed by atoms with Crippen LogP contribution in [-0.4, -0.2) is 17.3 Å². The first-order valence-corrected chi connectivity index (χ1v) is 4.94. The maximum Gasteiger partial charge on any atom is 0.417 e. The van der Waals surface area contributed by atoms with Crippen molar-refractivity contribution < 1.29 is 23.1 Å². The minimum atomic E-state index is -4.78. The second-order valence-corrected chi connectivity index (χ2v) is 3.84. The Labute approximate surface area is 104 Å². The Morgan fingerprint density at radius 2 is 1.82 bits per heavy atom. The number of allylic oxidation sites excluding steroid dienone is 1. The third-order valence-corrected chi connectivity index (χ3v) is 2.54. The number of carboxylic acid groups (broad SMARTS) is 1. The molecule has 0 aliphatic heterocycles. The molecule has 92 valence electrons. The SMILES string of the molecule is O=C(O)/C=C(\c1ccc(Cl)c(Cl)c1)C(F)(F)F. The number of benzene rings is 1. The van der Waals surface area contributed by atoms with Gasteiger partial charge in [-0.25, -0.2) is 4.79 Å². The van der Waals surface area contributed by atoms with Crippen LogP contribution in [0.4, 0.5) is 13.2 Å². The molecule has 0 fully saturated rings. The van der Waals surface area contributed by atoms with E-state index in [0.29, 0.717) is 0 Å². The molecular weight excluding hydrogens is 280 g/mol. The Morgan fingerprint density at radius 1 is 1.24 bits per heavy atom. The van der Waals surface area contributed by atoms with Crippen molar-refractivity contribution in [3.8, 4) is 0 Å². The van der Waals surface area contributed by atoms with E-state index in [1.165, 1.54) is 6.07 Å². The summed E-state index contributed by atoms with van der Waals surface area (Å²) in [5.74, 6) is -1.69. The largest absolute Gasteiger partial charge is 0.478 e. The summed E-state index contributed by atoms with van der Waals surface area (Å²) in [7, 11) is 0. The van der Waals surface area contributed by atoms with E-state index in [9.17, 15) is 18.0 Å². The lowest BCUT2D eigenvalue weighted by molar-refractivity contribution is -0.131. The highest BCUT2D eigenvalue weighted by atomic mass is 35.5. The first-order valence-electron chi connectivity index (χ1n) is 4.19. The van der Waals surface area contributed by atoms with E-state index in [1.54, 1.807) is 0 Å². The van der Waals surface area contributed by atoms with E-state index < -0.39 is 17.7 Å². The third-order valence-electron chi connectivity index (χ3n) is 1.80. The quantitative estimate of drug-likeness (QED) is 0.833. The van der Waals surface area contributed by atoms with Gasteiger partial charge >= 0.3 is 12.1 Å². The smallest absolute Gasteiger partial charge is 0.417 e. The molecule has 1 N–H and O–H groups in total. The zero-order valence-electron chi connectivity index (χ0n) is 8.05. The summed E-state index contributed by atoms with van der Waals surface area (Å²) in [4.78, 5) is 10.3. The normalized spacial score (nSPS) is 12.6. The van der Waals surface area contributed by atoms with Gasteiger partial charge in [0.15, 0.2) is 0 Å². The van der Waals surface area contributed by atoms with Crippen LogP contribution in [0.5, 0.6) is 0 Å². The second-order valence-electron chi connectivity index (χ2n) is 3.02. The molecule has 0 unspecified atom stereocenters. The van der Waals surface area contributed by atoms with Gasteiger partial charge in [0.1, 0.15) is 0 Å². The van der Waals surface area contributed by atoms with Gasteiger partial charge in [-0.1, -0.05) is 29.3 Å². The van der Waals surface area contributed by atoms with Crippen molar-refractivity contribution in [2.45, 2.75) is 6.18 Å². The molecule has 17 heavy (non-hydrogen) atoms. The third kappa shape index (κ3) is 3.64. The topological polar surface area (TPSA) is 37.3 Å². The molecule has 0 atom stereocenters. The Hall–Kier alpha value is -1.20. The van der Waals surface area contributed by atoms with Crippen LogP contribution in [0.3, 0.4) is 0 Å². The molecular formula is C10H5Cl2F3O2. The number of hydrogen-bond donors (Lipinski definition) is 1. The Bertz CT molecular complexity index is 481. The summed E-state index contributed by atoms with van der Waals surface area (Å²) >= 11 is 11.1. The van der Waals surface area contributed by atoms with Crippen LogP contribution in [-0.2, 0) is 4.79 Å². The number of carboxylic acids is 1. The van der Waals surface area contributed by atoms with Crippen LogP contribution in [0, 0.1) is 0 Å². The van der Waals surface area contributed by atoms with Crippen LogP contribution < -0.4 is 0 Å². The summed E-state index contributed by atoms with van der Waals surface area (Å²) in [6, 6.07) is 3.18. The molecule has 7 heteroatoms. The fourth-order valence-corrected chi connectivity index (χ4v) is 1.41.